The molecule has 0 saturated heterocycles. The first-order valence-electron chi connectivity index (χ1n) is 12.0. The molecule has 3 rings (SSSR count). The summed E-state index contributed by atoms with van der Waals surface area (Å²) in [6.07, 6.45) is -17.9. The van der Waals surface area contributed by atoms with Crippen molar-refractivity contribution in [1.82, 2.24) is 0 Å². The molecule has 0 saturated carbocycles. The fraction of sp³-hybridized carbons (Fsp3) is 0.357. The molecule has 0 bridgehead atoms. The second-order valence-electron chi connectivity index (χ2n) is 10.6. The molecule has 0 spiro atoms. The van der Waals surface area contributed by atoms with Crippen LogP contribution in [0.5, 0.6) is 0 Å². The van der Waals surface area contributed by atoms with Crippen LogP contribution in [0.25, 0.3) is 0 Å². The Hall–Kier alpha value is -1.75. The van der Waals surface area contributed by atoms with Crippen LogP contribution in [0.1, 0.15) is 37.5 Å². The fourth-order valence-electron chi connectivity index (χ4n) is 4.44. The van der Waals surface area contributed by atoms with Crippen LogP contribution in [0, 0.1) is 0 Å². The molecule has 2 nitrogen and oxygen atoms in total. The second-order valence-corrected chi connectivity index (χ2v) is 26.6. The summed E-state index contributed by atoms with van der Waals surface area (Å²) in [4.78, 5) is 0. The molecule has 2 N–H and O–H groups in total. The van der Waals surface area contributed by atoms with E-state index in [-0.39, 0.29) is 3.51 Å². The van der Waals surface area contributed by atoms with E-state index in [9.17, 15) is 49.7 Å². The number of hydrogen-bond donors (Lipinski definition) is 2. The number of benzene rings is 3. The Kier molecular flexibility index (Phi) is 9.11. The van der Waals surface area contributed by atoms with E-state index < -0.39 is 70.7 Å². The van der Waals surface area contributed by atoms with Crippen molar-refractivity contribution >= 4 is 36.2 Å². The maximum absolute atomic E-state index is 14.6. The predicted molar refractivity (Wildman–Crippen MR) is 143 cm³/mol. The number of halogens is 10. The van der Waals surface area contributed by atoms with Crippen LogP contribution in [0.3, 0.4) is 0 Å². The van der Waals surface area contributed by atoms with Gasteiger partial charge in [-0.2, -0.15) is 0 Å². The maximum atomic E-state index is 14.6. The van der Waals surface area contributed by atoms with Crippen LogP contribution in [0.2, 0.25) is 4.37 Å². The molecule has 1 radical (unpaired) electrons. The molecule has 3 aromatic rings. The molecule has 0 aliphatic carbocycles. The van der Waals surface area contributed by atoms with E-state index in [0.29, 0.717) is 11.6 Å². The van der Waals surface area contributed by atoms with Crippen molar-refractivity contribution in [3.05, 3.63) is 95.6 Å². The van der Waals surface area contributed by atoms with Gasteiger partial charge in [0.25, 0.3) is 0 Å². The van der Waals surface area contributed by atoms with Crippen molar-refractivity contribution in [2.75, 3.05) is 0 Å². The van der Waals surface area contributed by atoms with Gasteiger partial charge in [0.15, 0.2) is 0 Å². The van der Waals surface area contributed by atoms with Gasteiger partial charge in [0.1, 0.15) is 0 Å². The molecule has 0 aliphatic heterocycles. The van der Waals surface area contributed by atoms with Gasteiger partial charge in [-0.05, 0) is 0 Å². The van der Waals surface area contributed by atoms with Crippen LogP contribution in [0.4, 0.5) is 39.5 Å². The molecular formula is C28H26BrF9O2Sb. The van der Waals surface area contributed by atoms with Gasteiger partial charge < -0.3 is 0 Å². The molecule has 0 fully saturated rings. The third-order valence-corrected chi connectivity index (χ3v) is 22.8. The monoisotopic (exact) mass is 765 g/mol. The van der Waals surface area contributed by atoms with Gasteiger partial charge >= 0.3 is 242 Å². The van der Waals surface area contributed by atoms with Crippen molar-refractivity contribution in [2.45, 2.75) is 60.3 Å². The summed E-state index contributed by atoms with van der Waals surface area (Å²) in [6, 6.07) is 14.7. The average molecular weight is 767 g/mol. The molecule has 41 heavy (non-hydrogen) atoms. The zero-order valence-corrected chi connectivity index (χ0v) is 26.0. The molecule has 0 aliphatic rings. The van der Waals surface area contributed by atoms with E-state index in [1.54, 1.807) is 0 Å². The van der Waals surface area contributed by atoms with E-state index >= 15 is 0 Å². The van der Waals surface area contributed by atoms with Gasteiger partial charge in [0.05, 0.1) is 0 Å². The van der Waals surface area contributed by atoms with Crippen LogP contribution in [0.15, 0.2) is 78.9 Å². The van der Waals surface area contributed by atoms with E-state index in [1.165, 1.54) is 42.5 Å². The Morgan fingerprint density at radius 2 is 1.07 bits per heavy atom. The molecule has 3 aromatic carbocycles. The summed E-state index contributed by atoms with van der Waals surface area (Å²) in [5.74, 6) is 0. The Balaban J connectivity index is 2.45. The zero-order valence-electron chi connectivity index (χ0n) is 21.8. The molecule has 225 valence electrons. The van der Waals surface area contributed by atoms with Crippen molar-refractivity contribution in [2.24, 2.45) is 0 Å². The first kappa shape index (κ1) is 33.7. The number of rotatable bonds is 6. The third kappa shape index (κ3) is 6.17. The third-order valence-electron chi connectivity index (χ3n) is 6.81. The minimum absolute atomic E-state index is 0.00857. The Bertz CT molecular complexity index is 1340. The normalized spacial score (nSPS) is 16.7. The van der Waals surface area contributed by atoms with Crippen LogP contribution in [-0.4, -0.2) is 45.3 Å². The van der Waals surface area contributed by atoms with Gasteiger partial charge in [-0.25, -0.2) is 0 Å². The van der Waals surface area contributed by atoms with Crippen LogP contribution >= 0.6 is 12.6 Å². The van der Waals surface area contributed by atoms with E-state index in [0.717, 1.165) is 30.3 Å². The Labute approximate surface area is 240 Å². The molecule has 13 heteroatoms. The topological polar surface area (TPSA) is 40.5 Å². The summed E-state index contributed by atoms with van der Waals surface area (Å²) in [5.41, 5.74) is -11.1. The van der Waals surface area contributed by atoms with Gasteiger partial charge in [-0.15, -0.1) is 0 Å². The fourth-order valence-corrected chi connectivity index (χ4v) is 19.6. The Morgan fingerprint density at radius 1 is 0.610 bits per heavy atom. The van der Waals surface area contributed by atoms with Gasteiger partial charge in [0.2, 0.25) is 0 Å². The first-order chi connectivity index (χ1) is 18.5. The summed E-state index contributed by atoms with van der Waals surface area (Å²) in [7, 11) is 0. The van der Waals surface area contributed by atoms with Crippen LogP contribution in [-0.2, 0) is 16.6 Å². The average Bonchev–Trinajstić information content (AvgIpc) is 2.86. The van der Waals surface area contributed by atoms with Crippen LogP contribution < -0.4 is 7.02 Å². The van der Waals surface area contributed by atoms with Crippen molar-refractivity contribution in [3.8, 4) is 0 Å². The quantitative estimate of drug-likeness (QED) is 0.206. The standard InChI is InChI=1S/C10H13.C9H5F6O.C9H8F3O.BrH.Sb/c1-10(2,3)9-7-5-4-6-8-9;10-8(11,12)7(16,9(13,14)15)6-4-2-1-3-5-6;1-8(13,9(10,11)12)7-5-3-2-4-6-7;;/h5-8H,1-3H3;1-4,16H;2-6,13H,1H2;1H;/q;;;;+1/p-1. The van der Waals surface area contributed by atoms with E-state index in [2.05, 4.69) is 12.6 Å². The number of hydrogen-bond acceptors (Lipinski definition) is 2. The predicted octanol–water partition coefficient (Wildman–Crippen LogP) is 7.20. The SMILES string of the molecule is CC(C)(C)c1cc[c]([Sb]([Br])([CH2]C(O)(c2ccccc2)C(F)(F)F)[c]2ccccc2C(O)(C(F)(F)F)C(F)(F)F)cc1. The number of aliphatic hydroxyl groups is 2. The molecular weight excluding hydrogens is 741 g/mol. The van der Waals surface area contributed by atoms with E-state index in [1.807, 2.05) is 20.8 Å². The molecule has 0 heterocycles. The Morgan fingerprint density at radius 3 is 1.51 bits per heavy atom. The minimum atomic E-state index is -6.28. The molecule has 2 unspecified atom stereocenters. The van der Waals surface area contributed by atoms with E-state index in [4.69, 9.17) is 0 Å². The summed E-state index contributed by atoms with van der Waals surface area (Å²) in [5, 5.41) is 21.6. The zero-order chi connectivity index (χ0) is 31.3. The molecule has 0 amide bonds. The molecule has 0 aromatic heterocycles. The number of alkyl halides is 9. The van der Waals surface area contributed by atoms with Gasteiger partial charge in [-0.3, -0.25) is 0 Å². The van der Waals surface area contributed by atoms with Crippen molar-refractivity contribution < 1.29 is 49.7 Å². The van der Waals surface area contributed by atoms with Gasteiger partial charge in [0, 0.05) is 0 Å². The van der Waals surface area contributed by atoms with Gasteiger partial charge in [-0.1, -0.05) is 0 Å². The summed E-state index contributed by atoms with van der Waals surface area (Å²) in [6.45, 7) is 5.52. The van der Waals surface area contributed by atoms with Crippen molar-refractivity contribution in [3.63, 3.8) is 0 Å². The first-order valence-corrected chi connectivity index (χ1v) is 22.1. The van der Waals surface area contributed by atoms with Crippen molar-refractivity contribution in [1.29, 1.82) is 0 Å². The summed E-state index contributed by atoms with van der Waals surface area (Å²) < 4.78 is 126. The molecule has 2 atom stereocenters. The summed E-state index contributed by atoms with van der Waals surface area (Å²) >= 11 is -2.29. The second kappa shape index (κ2) is 11.1.